The summed E-state index contributed by atoms with van der Waals surface area (Å²) in [5, 5.41) is 0. The second-order valence-electron chi connectivity index (χ2n) is 12.8. The second kappa shape index (κ2) is 11.9. The molecule has 0 aliphatic heterocycles. The van der Waals surface area contributed by atoms with Gasteiger partial charge in [0, 0.05) is 0 Å². The van der Waals surface area contributed by atoms with Crippen molar-refractivity contribution in [2.24, 2.45) is 0 Å². The SMILES string of the molecule is CC(C)c1cc(C(C)C)c(-c2cccc(-c3c(C(C)C)cc(C(C)C)cc3C(C)C)c2[Se-])c(C(C)C)c1. The van der Waals surface area contributed by atoms with Gasteiger partial charge in [-0.1, -0.05) is 0 Å². The summed E-state index contributed by atoms with van der Waals surface area (Å²) in [5.41, 5.74) is 14.3. The Labute approximate surface area is 236 Å². The molecule has 200 valence electrons. The second-order valence-corrected chi connectivity index (χ2v) is 13.6. The third kappa shape index (κ3) is 6.10. The van der Waals surface area contributed by atoms with Crippen molar-refractivity contribution in [3.8, 4) is 22.3 Å². The molecule has 37 heavy (non-hydrogen) atoms. The van der Waals surface area contributed by atoms with Crippen LogP contribution in [0.3, 0.4) is 0 Å². The first-order chi connectivity index (χ1) is 17.3. The van der Waals surface area contributed by atoms with Crippen molar-refractivity contribution in [2.45, 2.75) is 119 Å². The molecule has 0 nitrogen and oxygen atoms in total. The molecule has 0 N–H and O–H groups in total. The molecule has 0 heterocycles. The molecule has 0 saturated heterocycles. The van der Waals surface area contributed by atoms with Crippen LogP contribution in [-0.2, 0) is 0 Å². The van der Waals surface area contributed by atoms with Crippen molar-refractivity contribution in [3.63, 3.8) is 0 Å². The summed E-state index contributed by atoms with van der Waals surface area (Å²) >= 11 is 3.58. The fourth-order valence-electron chi connectivity index (χ4n) is 5.46. The van der Waals surface area contributed by atoms with E-state index in [4.69, 9.17) is 0 Å². The van der Waals surface area contributed by atoms with Crippen LogP contribution in [0.1, 0.15) is 152 Å². The van der Waals surface area contributed by atoms with Gasteiger partial charge in [0.1, 0.15) is 0 Å². The van der Waals surface area contributed by atoms with Crippen LogP contribution in [0.2, 0.25) is 0 Å². The average Bonchev–Trinajstić information content (AvgIpc) is 2.82. The molecule has 0 spiro atoms. The predicted octanol–water partition coefficient (Wildman–Crippen LogP) is 10.6. The van der Waals surface area contributed by atoms with Gasteiger partial charge in [0.2, 0.25) is 0 Å². The molecule has 3 rings (SSSR count). The van der Waals surface area contributed by atoms with E-state index in [-0.39, 0.29) is 0 Å². The van der Waals surface area contributed by atoms with Gasteiger partial charge in [0.15, 0.2) is 0 Å². The molecule has 0 aliphatic carbocycles. The van der Waals surface area contributed by atoms with Gasteiger partial charge < -0.3 is 0 Å². The monoisotopic (exact) mass is 561 g/mol. The molecule has 1 heteroatoms. The van der Waals surface area contributed by atoms with E-state index in [1.807, 2.05) is 0 Å². The third-order valence-corrected chi connectivity index (χ3v) is 8.74. The van der Waals surface area contributed by atoms with Gasteiger partial charge in [-0.25, -0.2) is 0 Å². The van der Waals surface area contributed by atoms with Crippen LogP contribution in [-0.4, -0.2) is 16.0 Å². The van der Waals surface area contributed by atoms with E-state index in [0.29, 0.717) is 35.5 Å². The van der Waals surface area contributed by atoms with Crippen molar-refractivity contribution in [1.82, 2.24) is 0 Å². The van der Waals surface area contributed by atoms with E-state index < -0.39 is 0 Å². The van der Waals surface area contributed by atoms with Crippen LogP contribution < -0.4 is 4.46 Å². The van der Waals surface area contributed by atoms with Gasteiger partial charge in [-0.3, -0.25) is 0 Å². The molecule has 0 bridgehead atoms. The Balaban J connectivity index is 2.44. The molecular formula is C36H49Se-. The number of hydrogen-bond acceptors (Lipinski definition) is 0. The van der Waals surface area contributed by atoms with Crippen molar-refractivity contribution >= 4 is 20.5 Å². The molecule has 3 aromatic rings. The summed E-state index contributed by atoms with van der Waals surface area (Å²) in [4.78, 5) is 0. The molecule has 0 amide bonds. The Morgan fingerprint density at radius 3 is 0.919 bits per heavy atom. The van der Waals surface area contributed by atoms with E-state index in [2.05, 4.69) is 142 Å². The zero-order valence-corrected chi connectivity index (χ0v) is 27.1. The van der Waals surface area contributed by atoms with Gasteiger partial charge in [-0.2, -0.15) is 0 Å². The third-order valence-electron chi connectivity index (χ3n) is 7.82. The van der Waals surface area contributed by atoms with Gasteiger partial charge >= 0.3 is 237 Å². The number of rotatable bonds is 8. The van der Waals surface area contributed by atoms with Crippen molar-refractivity contribution in [2.75, 3.05) is 0 Å². The molecule has 0 radical (unpaired) electrons. The Bertz CT molecular complexity index is 1090. The van der Waals surface area contributed by atoms with E-state index in [1.165, 1.54) is 60.1 Å². The van der Waals surface area contributed by atoms with Crippen LogP contribution in [0.5, 0.6) is 0 Å². The summed E-state index contributed by atoms with van der Waals surface area (Å²) in [6.45, 7) is 28.0. The molecule has 0 saturated carbocycles. The van der Waals surface area contributed by atoms with Gasteiger partial charge in [0.05, 0.1) is 0 Å². The summed E-state index contributed by atoms with van der Waals surface area (Å²) in [7, 11) is 0. The number of benzene rings is 3. The van der Waals surface area contributed by atoms with E-state index in [0.717, 1.165) is 0 Å². The number of hydrogen-bond donors (Lipinski definition) is 0. The van der Waals surface area contributed by atoms with Crippen LogP contribution in [0, 0.1) is 0 Å². The predicted molar refractivity (Wildman–Crippen MR) is 167 cm³/mol. The van der Waals surface area contributed by atoms with E-state index >= 15 is 0 Å². The zero-order valence-electron chi connectivity index (χ0n) is 25.4. The van der Waals surface area contributed by atoms with Crippen molar-refractivity contribution in [1.29, 1.82) is 0 Å². The minimum absolute atomic E-state index is 0.456. The molecular weight excluding hydrogens is 511 g/mol. The summed E-state index contributed by atoms with van der Waals surface area (Å²) in [6.07, 6.45) is 0. The topological polar surface area (TPSA) is 0 Å². The van der Waals surface area contributed by atoms with Crippen molar-refractivity contribution < 1.29 is 0 Å². The fourth-order valence-corrected chi connectivity index (χ4v) is 6.18. The first-order valence-electron chi connectivity index (χ1n) is 14.4. The van der Waals surface area contributed by atoms with Gasteiger partial charge in [0.25, 0.3) is 0 Å². The van der Waals surface area contributed by atoms with E-state index in [9.17, 15) is 0 Å². The van der Waals surface area contributed by atoms with Crippen LogP contribution in [0.15, 0.2) is 42.5 Å². The normalized spacial score (nSPS) is 12.3. The fraction of sp³-hybridized carbons (Fsp3) is 0.500. The molecule has 3 aromatic carbocycles. The zero-order chi connectivity index (χ0) is 27.8. The maximum absolute atomic E-state index is 3.58. The molecule has 0 aliphatic rings. The summed E-state index contributed by atoms with van der Waals surface area (Å²) < 4.78 is 1.28. The van der Waals surface area contributed by atoms with Gasteiger partial charge in [-0.05, 0) is 0 Å². The summed E-state index contributed by atoms with van der Waals surface area (Å²) in [6, 6.07) is 16.8. The minimum atomic E-state index is 0.456. The first kappa shape index (κ1) is 29.7. The summed E-state index contributed by atoms with van der Waals surface area (Å²) in [5.74, 6) is 2.86. The Kier molecular flexibility index (Phi) is 9.58. The van der Waals surface area contributed by atoms with Crippen LogP contribution in [0.4, 0.5) is 0 Å². The van der Waals surface area contributed by atoms with Crippen molar-refractivity contribution in [3.05, 3.63) is 75.8 Å². The van der Waals surface area contributed by atoms with Crippen LogP contribution >= 0.6 is 0 Å². The maximum atomic E-state index is 3.58. The van der Waals surface area contributed by atoms with E-state index in [1.54, 1.807) is 0 Å². The Hall–Kier alpha value is -1.82. The Morgan fingerprint density at radius 1 is 0.432 bits per heavy atom. The Morgan fingerprint density at radius 2 is 0.703 bits per heavy atom. The molecule has 0 atom stereocenters. The standard InChI is InChI=1S/C36H50Se/c1-20(2)26-16-30(22(5)6)34(31(17-26)23(7)8)28-14-13-15-29(36(28)37)35-32(24(9)10)18-27(21(3)4)19-33(35)25(11)12/h13-25,37H,1-12H3/p-1. The first-order valence-corrected chi connectivity index (χ1v) is 15.3. The average molecular weight is 561 g/mol. The quantitative estimate of drug-likeness (QED) is 0.240. The van der Waals surface area contributed by atoms with Crippen LogP contribution in [0.25, 0.3) is 22.3 Å². The van der Waals surface area contributed by atoms with Gasteiger partial charge in [-0.15, -0.1) is 0 Å². The molecule has 0 fully saturated rings. The molecule has 0 unspecified atom stereocenters. The molecule has 0 aromatic heterocycles.